The number of aliphatic hydroxyl groups excluding tert-OH is 1. The summed E-state index contributed by atoms with van der Waals surface area (Å²) in [4.78, 5) is 31.3. The standard InChI is InChI=1S/C34H43N3O8/c1-20-17-37(14-8-25(20)38)15-13-33(42)9-11-34(12-10-33,32(35)41)29-28-24(36-30(29)31(39)40)4-3-5-26(28)44-18-21-19-45-27-16-22(43-2)6-7-23(21)27/h3-7,16,20-21,25,36,38,42H,8-15,17-19H2,1-2H3,(H2,35,41)(H,39,40)/t20-,21-,25-,33?,34?/m0/s1. The Hall–Kier alpha value is -3.80. The Labute approximate surface area is 262 Å². The molecule has 2 aliphatic heterocycles. The predicted molar refractivity (Wildman–Crippen MR) is 167 cm³/mol. The summed E-state index contributed by atoms with van der Waals surface area (Å²) in [6.07, 6.45) is 1.96. The van der Waals surface area contributed by atoms with Crippen LogP contribution in [0.5, 0.6) is 17.2 Å². The molecule has 6 N–H and O–H groups in total. The Balaban J connectivity index is 1.26. The third-order valence-corrected chi connectivity index (χ3v) is 10.4. The molecule has 2 aromatic carbocycles. The zero-order valence-corrected chi connectivity index (χ0v) is 25.9. The SMILES string of the molecule is COc1ccc2c(c1)OC[C@@H]2COc1cccc2[nH]c(C(=O)O)c(C3(C(N)=O)CCC(O)(CCN4CC[C@H](O)[C@@H](C)C4)CC3)c12. The molecule has 3 heterocycles. The van der Waals surface area contributed by atoms with Crippen LogP contribution in [-0.2, 0) is 10.2 Å². The molecule has 1 aliphatic carbocycles. The fourth-order valence-electron chi connectivity index (χ4n) is 7.49. The number of aromatic carboxylic acids is 1. The van der Waals surface area contributed by atoms with Crippen LogP contribution in [-0.4, -0.2) is 88.7 Å². The molecule has 1 saturated heterocycles. The van der Waals surface area contributed by atoms with Crippen molar-refractivity contribution in [3.63, 3.8) is 0 Å². The maximum Gasteiger partial charge on any atom is 0.352 e. The number of nitrogens with zero attached hydrogens (tertiary/aromatic N) is 1. The van der Waals surface area contributed by atoms with Gasteiger partial charge in [0.05, 0.1) is 48.9 Å². The van der Waals surface area contributed by atoms with Crippen LogP contribution in [0.3, 0.4) is 0 Å². The summed E-state index contributed by atoms with van der Waals surface area (Å²) in [7, 11) is 1.60. The van der Waals surface area contributed by atoms with Crippen LogP contribution < -0.4 is 19.9 Å². The van der Waals surface area contributed by atoms with Gasteiger partial charge in [0.15, 0.2) is 0 Å². The van der Waals surface area contributed by atoms with E-state index in [0.29, 0.717) is 66.8 Å². The van der Waals surface area contributed by atoms with Gasteiger partial charge in [-0.3, -0.25) is 4.79 Å². The highest BCUT2D eigenvalue weighted by Gasteiger charge is 2.50. The zero-order chi connectivity index (χ0) is 31.9. The van der Waals surface area contributed by atoms with Gasteiger partial charge in [0, 0.05) is 42.2 Å². The highest BCUT2D eigenvalue weighted by molar-refractivity contribution is 6.05. The second-order valence-electron chi connectivity index (χ2n) is 13.1. The van der Waals surface area contributed by atoms with Crippen molar-refractivity contribution in [1.82, 2.24) is 9.88 Å². The summed E-state index contributed by atoms with van der Waals surface area (Å²) >= 11 is 0. The number of rotatable bonds is 10. The molecule has 1 saturated carbocycles. The Morgan fingerprint density at radius 2 is 1.96 bits per heavy atom. The van der Waals surface area contributed by atoms with Gasteiger partial charge in [0.25, 0.3) is 0 Å². The topological polar surface area (TPSA) is 168 Å². The van der Waals surface area contributed by atoms with Gasteiger partial charge in [-0.1, -0.05) is 19.1 Å². The summed E-state index contributed by atoms with van der Waals surface area (Å²) < 4.78 is 17.6. The fraction of sp³-hybridized carbons (Fsp3) is 0.529. The van der Waals surface area contributed by atoms with Gasteiger partial charge < -0.3 is 45.1 Å². The lowest BCUT2D eigenvalue weighted by Crippen LogP contribution is -2.50. The number of nitrogens with one attached hydrogen (secondary N) is 1. The first-order valence-corrected chi connectivity index (χ1v) is 15.8. The molecule has 0 unspecified atom stereocenters. The molecule has 45 heavy (non-hydrogen) atoms. The van der Waals surface area contributed by atoms with Crippen LogP contribution >= 0.6 is 0 Å². The van der Waals surface area contributed by atoms with Gasteiger partial charge in [-0.15, -0.1) is 0 Å². The summed E-state index contributed by atoms with van der Waals surface area (Å²) in [5.74, 6) is 0.214. The van der Waals surface area contributed by atoms with Crippen LogP contribution in [0.4, 0.5) is 0 Å². The number of piperidine rings is 1. The number of H-pyrrole nitrogens is 1. The lowest BCUT2D eigenvalue weighted by Gasteiger charge is -2.44. The lowest BCUT2D eigenvalue weighted by molar-refractivity contribution is -0.127. The normalized spacial score (nSPS) is 28.4. The number of primary amides is 1. The molecule has 11 nitrogen and oxygen atoms in total. The van der Waals surface area contributed by atoms with E-state index in [4.69, 9.17) is 19.9 Å². The monoisotopic (exact) mass is 621 g/mol. The number of aromatic amines is 1. The van der Waals surface area contributed by atoms with E-state index >= 15 is 0 Å². The maximum atomic E-state index is 13.4. The van der Waals surface area contributed by atoms with Crippen molar-refractivity contribution in [3.8, 4) is 17.2 Å². The van der Waals surface area contributed by atoms with Crippen LogP contribution in [0.1, 0.15) is 73.0 Å². The number of carbonyl (C=O) groups is 2. The minimum atomic E-state index is -1.30. The lowest BCUT2D eigenvalue weighted by atomic mass is 9.63. The van der Waals surface area contributed by atoms with E-state index in [9.17, 15) is 24.9 Å². The van der Waals surface area contributed by atoms with Crippen molar-refractivity contribution in [1.29, 1.82) is 0 Å². The van der Waals surface area contributed by atoms with E-state index in [1.165, 1.54) is 0 Å². The number of carbonyl (C=O) groups excluding carboxylic acids is 1. The Morgan fingerprint density at radius 1 is 1.18 bits per heavy atom. The molecule has 0 spiro atoms. The molecule has 3 atom stereocenters. The number of nitrogens with two attached hydrogens (primary N) is 1. The predicted octanol–water partition coefficient (Wildman–Crippen LogP) is 3.55. The Kier molecular flexibility index (Phi) is 8.45. The number of likely N-dealkylation sites (tertiary alicyclic amines) is 1. The second-order valence-corrected chi connectivity index (χ2v) is 13.1. The zero-order valence-electron chi connectivity index (χ0n) is 25.9. The first kappa shape index (κ1) is 31.2. The number of carboxylic acids is 1. The van der Waals surface area contributed by atoms with Crippen LogP contribution in [0.2, 0.25) is 0 Å². The Morgan fingerprint density at radius 3 is 2.64 bits per heavy atom. The van der Waals surface area contributed by atoms with E-state index in [2.05, 4.69) is 9.88 Å². The summed E-state index contributed by atoms with van der Waals surface area (Å²) in [6.45, 7) is 4.98. The van der Waals surface area contributed by atoms with E-state index in [1.807, 2.05) is 25.1 Å². The summed E-state index contributed by atoms with van der Waals surface area (Å²) in [5.41, 5.74) is 5.59. The molecular weight excluding hydrogens is 578 g/mol. The number of ether oxygens (including phenoxy) is 3. The number of hydrogen-bond donors (Lipinski definition) is 5. The molecule has 242 valence electrons. The third kappa shape index (κ3) is 5.84. The molecule has 3 aromatic rings. The minimum Gasteiger partial charge on any atom is -0.497 e. The average Bonchev–Trinajstić information content (AvgIpc) is 3.63. The maximum absolute atomic E-state index is 13.4. The van der Waals surface area contributed by atoms with Crippen molar-refractivity contribution >= 4 is 22.8 Å². The molecule has 1 aromatic heterocycles. The van der Waals surface area contributed by atoms with Gasteiger partial charge >= 0.3 is 5.97 Å². The van der Waals surface area contributed by atoms with Crippen molar-refractivity contribution in [2.45, 2.75) is 68.5 Å². The second kappa shape index (κ2) is 12.2. The highest BCUT2D eigenvalue weighted by atomic mass is 16.5. The van der Waals surface area contributed by atoms with E-state index in [1.54, 1.807) is 25.3 Å². The van der Waals surface area contributed by atoms with Crippen LogP contribution in [0, 0.1) is 5.92 Å². The van der Waals surface area contributed by atoms with E-state index in [0.717, 1.165) is 24.4 Å². The molecule has 2 fully saturated rings. The van der Waals surface area contributed by atoms with Crippen LogP contribution in [0.25, 0.3) is 10.9 Å². The van der Waals surface area contributed by atoms with Gasteiger partial charge in [0.1, 0.15) is 22.9 Å². The van der Waals surface area contributed by atoms with E-state index < -0.39 is 22.9 Å². The van der Waals surface area contributed by atoms with Gasteiger partial charge in [0.2, 0.25) is 5.91 Å². The molecule has 1 amide bonds. The van der Waals surface area contributed by atoms with Gasteiger partial charge in [-0.25, -0.2) is 4.79 Å². The first-order valence-electron chi connectivity index (χ1n) is 15.8. The number of amides is 1. The molecule has 3 aliphatic rings. The molecular formula is C34H43N3O8. The Bertz CT molecular complexity index is 1580. The third-order valence-electron chi connectivity index (χ3n) is 10.4. The minimum absolute atomic E-state index is 0.0524. The number of fused-ring (bicyclic) bond motifs is 2. The van der Waals surface area contributed by atoms with Crippen molar-refractivity contribution < 1.29 is 39.1 Å². The van der Waals surface area contributed by atoms with E-state index in [-0.39, 0.29) is 43.1 Å². The number of hydrogen-bond acceptors (Lipinski definition) is 8. The van der Waals surface area contributed by atoms with Gasteiger partial charge in [-0.2, -0.15) is 0 Å². The quantitative estimate of drug-likeness (QED) is 0.227. The highest BCUT2D eigenvalue weighted by Crippen LogP contribution is 2.49. The largest absolute Gasteiger partial charge is 0.497 e. The smallest absolute Gasteiger partial charge is 0.352 e. The average molecular weight is 622 g/mol. The van der Waals surface area contributed by atoms with Crippen molar-refractivity contribution in [2.75, 3.05) is 40.0 Å². The fourth-order valence-corrected chi connectivity index (χ4v) is 7.49. The number of methoxy groups -OCH3 is 1. The number of benzene rings is 2. The first-order chi connectivity index (χ1) is 21.5. The van der Waals surface area contributed by atoms with Crippen LogP contribution in [0.15, 0.2) is 36.4 Å². The van der Waals surface area contributed by atoms with Gasteiger partial charge in [-0.05, 0) is 62.6 Å². The molecule has 0 bridgehead atoms. The summed E-state index contributed by atoms with van der Waals surface area (Å²) in [5, 5.41) is 32.5. The number of carboxylic acid groups (broad SMARTS) is 1. The molecule has 0 radical (unpaired) electrons. The summed E-state index contributed by atoms with van der Waals surface area (Å²) in [6, 6.07) is 11.0. The molecule has 11 heteroatoms. The number of aliphatic hydroxyl groups is 2. The van der Waals surface area contributed by atoms with Crippen molar-refractivity contribution in [3.05, 3.63) is 53.2 Å². The number of aromatic nitrogens is 1. The molecule has 6 rings (SSSR count). The van der Waals surface area contributed by atoms with Crippen molar-refractivity contribution in [2.24, 2.45) is 11.7 Å².